The molecule has 0 aliphatic carbocycles. The van der Waals surface area contributed by atoms with Gasteiger partial charge in [-0.05, 0) is 13.8 Å². The highest BCUT2D eigenvalue weighted by atomic mass is 15.0. The lowest BCUT2D eigenvalue weighted by atomic mass is 10.4. The van der Waals surface area contributed by atoms with E-state index in [0.717, 1.165) is 11.5 Å². The van der Waals surface area contributed by atoms with E-state index >= 15 is 0 Å². The molecule has 0 unspecified atom stereocenters. The van der Waals surface area contributed by atoms with Crippen molar-refractivity contribution in [2.75, 3.05) is 0 Å². The summed E-state index contributed by atoms with van der Waals surface area (Å²) < 4.78 is 0. The summed E-state index contributed by atoms with van der Waals surface area (Å²) in [6.45, 7) is 3.49. The van der Waals surface area contributed by atoms with Gasteiger partial charge >= 0.3 is 0 Å². The SMILES string of the molecule is CC(=N)N=C(C)C1=NC=C[NH2+]1. The number of hydrogen-bond donors (Lipinski definition) is 2. The normalized spacial score (nSPS) is 16.9. The second-order valence-corrected chi connectivity index (χ2v) is 2.31. The van der Waals surface area contributed by atoms with Crippen LogP contribution in [0.3, 0.4) is 0 Å². The lowest BCUT2D eigenvalue weighted by molar-refractivity contribution is -0.453. The van der Waals surface area contributed by atoms with Gasteiger partial charge in [-0.3, -0.25) is 10.7 Å². The lowest BCUT2D eigenvalue weighted by Gasteiger charge is -1.93. The van der Waals surface area contributed by atoms with Crippen LogP contribution in [0.25, 0.3) is 0 Å². The third-order valence-corrected chi connectivity index (χ3v) is 1.26. The van der Waals surface area contributed by atoms with Crippen molar-refractivity contribution in [1.29, 1.82) is 5.41 Å². The maximum Gasteiger partial charge on any atom is 0.250 e. The van der Waals surface area contributed by atoms with Crippen LogP contribution in [-0.2, 0) is 0 Å². The van der Waals surface area contributed by atoms with E-state index in [4.69, 9.17) is 5.41 Å². The average Bonchev–Trinajstić information content (AvgIpc) is 2.35. The monoisotopic (exact) mass is 151 g/mol. The molecule has 0 aromatic rings. The molecule has 0 atom stereocenters. The fourth-order valence-electron chi connectivity index (χ4n) is 0.823. The third kappa shape index (κ3) is 2.09. The van der Waals surface area contributed by atoms with Crippen LogP contribution in [-0.4, -0.2) is 17.4 Å². The summed E-state index contributed by atoms with van der Waals surface area (Å²) in [5.41, 5.74) is 0.794. The summed E-state index contributed by atoms with van der Waals surface area (Å²) in [6, 6.07) is 0. The van der Waals surface area contributed by atoms with E-state index in [1.165, 1.54) is 0 Å². The molecule has 1 heterocycles. The molecule has 0 spiro atoms. The van der Waals surface area contributed by atoms with Gasteiger partial charge in [0.15, 0.2) is 0 Å². The highest BCUT2D eigenvalue weighted by Gasteiger charge is 2.09. The molecule has 0 saturated heterocycles. The van der Waals surface area contributed by atoms with Crippen molar-refractivity contribution in [3.63, 3.8) is 0 Å². The molecule has 1 aliphatic rings. The molecule has 3 N–H and O–H groups in total. The summed E-state index contributed by atoms with van der Waals surface area (Å²) in [5.74, 6) is 1.15. The summed E-state index contributed by atoms with van der Waals surface area (Å²) in [4.78, 5) is 8.00. The molecular weight excluding hydrogens is 140 g/mol. The first kappa shape index (κ1) is 7.81. The Morgan fingerprint density at radius 1 is 1.64 bits per heavy atom. The minimum atomic E-state index is 0.311. The topological polar surface area (TPSA) is 65.2 Å². The fraction of sp³-hybridized carbons (Fsp3) is 0.286. The number of nitrogens with two attached hydrogens (primary N) is 1. The van der Waals surface area contributed by atoms with Gasteiger partial charge in [-0.15, -0.1) is 0 Å². The van der Waals surface area contributed by atoms with E-state index in [-0.39, 0.29) is 0 Å². The van der Waals surface area contributed by atoms with Crippen molar-refractivity contribution >= 4 is 17.4 Å². The summed E-state index contributed by atoms with van der Waals surface area (Å²) in [7, 11) is 0. The van der Waals surface area contributed by atoms with Crippen LogP contribution in [0, 0.1) is 5.41 Å². The standard InChI is InChI=1S/C7H10N4/c1-5(11-6(2)8)7-9-3-4-10-7/h3-4,8H,1-2H3,(H,9,10)/p+1. The van der Waals surface area contributed by atoms with Crippen LogP contribution >= 0.6 is 0 Å². The first-order valence-electron chi connectivity index (χ1n) is 3.38. The number of nitrogens with zero attached hydrogens (tertiary/aromatic N) is 2. The number of amidine groups is 2. The van der Waals surface area contributed by atoms with Gasteiger partial charge in [0, 0.05) is 0 Å². The van der Waals surface area contributed by atoms with E-state index in [0.29, 0.717) is 5.84 Å². The Morgan fingerprint density at radius 2 is 2.36 bits per heavy atom. The third-order valence-electron chi connectivity index (χ3n) is 1.26. The van der Waals surface area contributed by atoms with Crippen molar-refractivity contribution in [2.24, 2.45) is 9.98 Å². The lowest BCUT2D eigenvalue weighted by Crippen LogP contribution is -2.82. The highest BCUT2D eigenvalue weighted by Crippen LogP contribution is 1.84. The van der Waals surface area contributed by atoms with E-state index in [1.54, 1.807) is 13.1 Å². The zero-order valence-electron chi connectivity index (χ0n) is 6.63. The Morgan fingerprint density at radius 3 is 2.82 bits per heavy atom. The number of rotatable bonds is 1. The molecule has 4 nitrogen and oxygen atoms in total. The average molecular weight is 151 g/mol. The van der Waals surface area contributed by atoms with Gasteiger partial charge in [-0.25, -0.2) is 4.99 Å². The van der Waals surface area contributed by atoms with E-state index in [1.807, 2.05) is 18.4 Å². The van der Waals surface area contributed by atoms with Crippen LogP contribution < -0.4 is 5.32 Å². The van der Waals surface area contributed by atoms with Crippen molar-refractivity contribution in [1.82, 2.24) is 0 Å². The first-order valence-corrected chi connectivity index (χ1v) is 3.38. The molecule has 0 radical (unpaired) electrons. The summed E-state index contributed by atoms with van der Waals surface area (Å²) in [5, 5.41) is 8.99. The predicted octanol–water partition coefficient (Wildman–Crippen LogP) is -0.109. The molecule has 4 heteroatoms. The van der Waals surface area contributed by atoms with E-state index < -0.39 is 0 Å². The molecule has 11 heavy (non-hydrogen) atoms. The van der Waals surface area contributed by atoms with Gasteiger partial charge in [-0.1, -0.05) is 0 Å². The van der Waals surface area contributed by atoms with Crippen LogP contribution in [0.1, 0.15) is 13.8 Å². The van der Waals surface area contributed by atoms with Crippen molar-refractivity contribution in [3.05, 3.63) is 12.4 Å². The minimum absolute atomic E-state index is 0.311. The maximum absolute atomic E-state index is 7.11. The number of aliphatic imine (C=N–C) groups is 2. The fourth-order valence-corrected chi connectivity index (χ4v) is 0.823. The minimum Gasteiger partial charge on any atom is -0.287 e. The Hall–Kier alpha value is -1.29. The van der Waals surface area contributed by atoms with E-state index in [2.05, 4.69) is 9.98 Å². The van der Waals surface area contributed by atoms with Crippen molar-refractivity contribution < 1.29 is 5.32 Å². The zero-order valence-corrected chi connectivity index (χ0v) is 6.63. The molecule has 0 aromatic heterocycles. The van der Waals surface area contributed by atoms with Crippen LogP contribution in [0.15, 0.2) is 22.4 Å². The van der Waals surface area contributed by atoms with Crippen LogP contribution in [0.5, 0.6) is 0 Å². The van der Waals surface area contributed by atoms with Crippen LogP contribution in [0.4, 0.5) is 0 Å². The Labute approximate surface area is 65.3 Å². The number of nitrogens with one attached hydrogen (secondary N) is 1. The number of quaternary nitrogens is 1. The number of hydrogen-bond acceptors (Lipinski definition) is 2. The molecular formula is C7H11N4+. The Kier molecular flexibility index (Phi) is 2.28. The largest absolute Gasteiger partial charge is 0.287 e. The molecule has 0 saturated carbocycles. The Balaban J connectivity index is 2.69. The van der Waals surface area contributed by atoms with Gasteiger partial charge in [0.1, 0.15) is 17.7 Å². The van der Waals surface area contributed by atoms with Crippen molar-refractivity contribution in [2.45, 2.75) is 13.8 Å². The quantitative estimate of drug-likeness (QED) is 0.388. The summed E-state index contributed by atoms with van der Waals surface area (Å²) >= 11 is 0. The molecule has 0 fully saturated rings. The van der Waals surface area contributed by atoms with Gasteiger partial charge < -0.3 is 0 Å². The molecule has 0 bridgehead atoms. The van der Waals surface area contributed by atoms with Gasteiger partial charge in [0.05, 0.1) is 6.20 Å². The smallest absolute Gasteiger partial charge is 0.250 e. The highest BCUT2D eigenvalue weighted by molar-refractivity contribution is 6.38. The second-order valence-electron chi connectivity index (χ2n) is 2.31. The van der Waals surface area contributed by atoms with Crippen LogP contribution in [0.2, 0.25) is 0 Å². The Bertz CT molecular complexity index is 260. The van der Waals surface area contributed by atoms with Gasteiger partial charge in [0.25, 0.3) is 5.84 Å². The first-order chi connectivity index (χ1) is 5.20. The van der Waals surface area contributed by atoms with Gasteiger partial charge in [0.2, 0.25) is 0 Å². The summed E-state index contributed by atoms with van der Waals surface area (Å²) in [6.07, 6.45) is 3.57. The zero-order chi connectivity index (χ0) is 8.27. The predicted molar refractivity (Wildman–Crippen MR) is 45.0 cm³/mol. The van der Waals surface area contributed by atoms with Crippen molar-refractivity contribution in [3.8, 4) is 0 Å². The second kappa shape index (κ2) is 3.21. The molecule has 0 amide bonds. The molecule has 58 valence electrons. The van der Waals surface area contributed by atoms with Gasteiger partial charge in [-0.2, -0.15) is 4.99 Å². The maximum atomic E-state index is 7.11. The molecule has 1 aliphatic heterocycles. The van der Waals surface area contributed by atoms with E-state index in [9.17, 15) is 0 Å². The molecule has 0 aromatic carbocycles. The molecule has 1 rings (SSSR count).